The molecule has 75 valence electrons. The van der Waals surface area contributed by atoms with Crippen molar-refractivity contribution in [2.75, 3.05) is 0 Å². The van der Waals surface area contributed by atoms with E-state index in [0.29, 0.717) is 6.04 Å². The topological polar surface area (TPSA) is 12.0 Å². The molecular formula is C12H15FN. The fraction of sp³-hybridized carbons (Fsp3) is 0.500. The van der Waals surface area contributed by atoms with Crippen molar-refractivity contribution in [3.8, 4) is 0 Å². The van der Waals surface area contributed by atoms with Gasteiger partial charge in [-0.3, -0.25) is 0 Å². The van der Waals surface area contributed by atoms with E-state index in [1.165, 1.54) is 0 Å². The zero-order valence-electron chi connectivity index (χ0n) is 8.60. The van der Waals surface area contributed by atoms with Crippen LogP contribution in [0.3, 0.4) is 0 Å². The molecule has 14 heavy (non-hydrogen) atoms. The van der Waals surface area contributed by atoms with Gasteiger partial charge in [-0.2, -0.15) is 0 Å². The standard InChI is InChI=1S/C12H15FN/c1-12(2)7-6-11(14-12)9-4-3-5-10(13)8-9/h3-4,8,11,14H,6-7H2,1-2H3. The highest BCUT2D eigenvalue weighted by Crippen LogP contribution is 2.32. The second kappa shape index (κ2) is 3.35. The molecule has 1 unspecified atom stereocenters. The summed E-state index contributed by atoms with van der Waals surface area (Å²) in [7, 11) is 0. The van der Waals surface area contributed by atoms with Crippen LogP contribution in [0.2, 0.25) is 0 Å². The Labute approximate surface area is 84.3 Å². The molecule has 1 aliphatic heterocycles. The molecule has 0 aromatic heterocycles. The molecule has 0 aliphatic carbocycles. The van der Waals surface area contributed by atoms with Gasteiger partial charge >= 0.3 is 0 Å². The lowest BCUT2D eigenvalue weighted by molar-refractivity contribution is 0.432. The monoisotopic (exact) mass is 192 g/mol. The maximum absolute atomic E-state index is 12.9. The molecule has 0 amide bonds. The average molecular weight is 192 g/mol. The summed E-state index contributed by atoms with van der Waals surface area (Å²) >= 11 is 0. The average Bonchev–Trinajstić information content (AvgIpc) is 2.46. The molecule has 1 fully saturated rings. The molecule has 0 bridgehead atoms. The van der Waals surface area contributed by atoms with E-state index in [0.717, 1.165) is 18.4 Å². The second-order valence-electron chi connectivity index (χ2n) is 4.59. The number of hydrogen-bond donors (Lipinski definition) is 1. The van der Waals surface area contributed by atoms with Crippen LogP contribution in [0.25, 0.3) is 0 Å². The minimum Gasteiger partial charge on any atom is -0.305 e. The number of halogens is 1. The quantitative estimate of drug-likeness (QED) is 0.721. The molecule has 1 nitrogen and oxygen atoms in total. The van der Waals surface area contributed by atoms with Crippen LogP contribution >= 0.6 is 0 Å². The fourth-order valence-electron chi connectivity index (χ4n) is 2.04. The Hall–Kier alpha value is -0.890. The number of rotatable bonds is 1. The highest BCUT2D eigenvalue weighted by atomic mass is 19.1. The Bertz CT molecular complexity index is 333. The summed E-state index contributed by atoms with van der Waals surface area (Å²) in [6, 6.07) is 7.97. The third-order valence-electron chi connectivity index (χ3n) is 2.82. The first-order valence-electron chi connectivity index (χ1n) is 5.02. The molecule has 1 radical (unpaired) electrons. The lowest BCUT2D eigenvalue weighted by Gasteiger charge is -2.20. The van der Waals surface area contributed by atoms with Crippen LogP contribution < -0.4 is 5.32 Å². The summed E-state index contributed by atoms with van der Waals surface area (Å²) in [5, 5.41) is 3.49. The van der Waals surface area contributed by atoms with Crippen LogP contribution in [0, 0.1) is 11.9 Å². The van der Waals surface area contributed by atoms with E-state index in [-0.39, 0.29) is 11.4 Å². The molecule has 1 N–H and O–H groups in total. The number of hydrogen-bond acceptors (Lipinski definition) is 1. The van der Waals surface area contributed by atoms with Crippen LogP contribution in [-0.4, -0.2) is 5.54 Å². The van der Waals surface area contributed by atoms with Gasteiger partial charge in [-0.25, -0.2) is 4.39 Å². The molecule has 1 aliphatic rings. The summed E-state index contributed by atoms with van der Waals surface area (Å²) in [4.78, 5) is 0. The van der Waals surface area contributed by atoms with Crippen molar-refractivity contribution in [2.24, 2.45) is 0 Å². The first-order chi connectivity index (χ1) is 6.57. The van der Waals surface area contributed by atoms with E-state index in [1.54, 1.807) is 12.1 Å². The van der Waals surface area contributed by atoms with Gasteiger partial charge in [-0.15, -0.1) is 0 Å². The van der Waals surface area contributed by atoms with Crippen molar-refractivity contribution in [1.29, 1.82) is 0 Å². The van der Waals surface area contributed by atoms with Gasteiger partial charge in [0.25, 0.3) is 0 Å². The molecule has 2 heteroatoms. The van der Waals surface area contributed by atoms with Crippen LogP contribution in [0.5, 0.6) is 0 Å². The summed E-state index contributed by atoms with van der Waals surface area (Å²) in [5.74, 6) is -0.269. The van der Waals surface area contributed by atoms with E-state index < -0.39 is 0 Å². The first kappa shape index (κ1) is 9.66. The number of nitrogens with one attached hydrogen (secondary N) is 1. The lowest BCUT2D eigenvalue weighted by atomic mass is 10.0. The van der Waals surface area contributed by atoms with Gasteiger partial charge in [0.2, 0.25) is 0 Å². The van der Waals surface area contributed by atoms with Crippen molar-refractivity contribution in [3.63, 3.8) is 0 Å². The normalized spacial score (nSPS) is 25.2. The highest BCUT2D eigenvalue weighted by molar-refractivity contribution is 5.21. The van der Waals surface area contributed by atoms with Gasteiger partial charge < -0.3 is 5.32 Å². The van der Waals surface area contributed by atoms with E-state index in [1.807, 2.05) is 6.07 Å². The Morgan fingerprint density at radius 2 is 2.36 bits per heavy atom. The predicted molar refractivity (Wildman–Crippen MR) is 54.4 cm³/mol. The molecule has 0 spiro atoms. The molecule has 1 heterocycles. The van der Waals surface area contributed by atoms with E-state index in [4.69, 9.17) is 0 Å². The molecule has 2 rings (SSSR count). The third kappa shape index (κ3) is 1.95. The predicted octanol–water partition coefficient (Wildman–Crippen LogP) is 2.83. The van der Waals surface area contributed by atoms with Crippen molar-refractivity contribution in [2.45, 2.75) is 38.3 Å². The van der Waals surface area contributed by atoms with Gasteiger partial charge in [0, 0.05) is 17.6 Å². The third-order valence-corrected chi connectivity index (χ3v) is 2.82. The molecule has 1 aromatic rings. The Morgan fingerprint density at radius 1 is 1.57 bits per heavy atom. The van der Waals surface area contributed by atoms with Gasteiger partial charge in [-0.05, 0) is 38.3 Å². The minimum absolute atomic E-state index is 0.181. The largest absolute Gasteiger partial charge is 0.305 e. The molecule has 1 aromatic carbocycles. The van der Waals surface area contributed by atoms with E-state index in [9.17, 15) is 4.39 Å². The van der Waals surface area contributed by atoms with Crippen molar-refractivity contribution >= 4 is 0 Å². The minimum atomic E-state index is -0.269. The molecule has 1 saturated heterocycles. The smallest absolute Gasteiger partial charge is 0.131 e. The van der Waals surface area contributed by atoms with Crippen molar-refractivity contribution in [1.82, 2.24) is 5.32 Å². The van der Waals surface area contributed by atoms with Gasteiger partial charge in [0.15, 0.2) is 0 Å². The molecule has 1 atom stereocenters. The fourth-order valence-corrected chi connectivity index (χ4v) is 2.04. The van der Waals surface area contributed by atoms with E-state index >= 15 is 0 Å². The van der Waals surface area contributed by atoms with Crippen LogP contribution in [0.15, 0.2) is 18.2 Å². The first-order valence-corrected chi connectivity index (χ1v) is 5.02. The Morgan fingerprint density at radius 3 is 2.93 bits per heavy atom. The maximum Gasteiger partial charge on any atom is 0.131 e. The SMILES string of the molecule is CC1(C)CCC(c2cc[c]c(F)c2)N1. The highest BCUT2D eigenvalue weighted by Gasteiger charge is 2.30. The van der Waals surface area contributed by atoms with Crippen LogP contribution in [0.4, 0.5) is 4.39 Å². The molecule has 0 saturated carbocycles. The van der Waals surface area contributed by atoms with E-state index in [2.05, 4.69) is 25.2 Å². The summed E-state index contributed by atoms with van der Waals surface area (Å²) < 4.78 is 12.9. The zero-order valence-corrected chi connectivity index (χ0v) is 8.60. The number of benzene rings is 1. The summed E-state index contributed by atoms with van der Waals surface area (Å²) in [6.45, 7) is 4.36. The second-order valence-corrected chi connectivity index (χ2v) is 4.59. The summed E-state index contributed by atoms with van der Waals surface area (Å²) in [6.07, 6.45) is 2.22. The zero-order chi connectivity index (χ0) is 10.2. The van der Waals surface area contributed by atoms with Crippen LogP contribution in [0.1, 0.15) is 38.3 Å². The van der Waals surface area contributed by atoms with Crippen molar-refractivity contribution < 1.29 is 4.39 Å². The Kier molecular flexibility index (Phi) is 2.31. The summed E-state index contributed by atoms with van der Waals surface area (Å²) in [5.41, 5.74) is 1.22. The van der Waals surface area contributed by atoms with Gasteiger partial charge in [0.05, 0.1) is 0 Å². The van der Waals surface area contributed by atoms with Gasteiger partial charge in [-0.1, -0.05) is 12.1 Å². The Balaban J connectivity index is 2.17. The maximum atomic E-state index is 12.9. The van der Waals surface area contributed by atoms with Crippen molar-refractivity contribution in [3.05, 3.63) is 35.6 Å². The molecular weight excluding hydrogens is 177 g/mol. The van der Waals surface area contributed by atoms with Crippen LogP contribution in [-0.2, 0) is 0 Å². The lowest BCUT2D eigenvalue weighted by Crippen LogP contribution is -2.33. The van der Waals surface area contributed by atoms with Gasteiger partial charge in [0.1, 0.15) is 5.82 Å².